The van der Waals surface area contributed by atoms with Crippen LogP contribution in [0.3, 0.4) is 0 Å². The summed E-state index contributed by atoms with van der Waals surface area (Å²) in [4.78, 5) is 23.3. The van der Waals surface area contributed by atoms with Crippen LogP contribution < -0.4 is 16.3 Å². The average Bonchev–Trinajstić information content (AvgIpc) is 2.28. The van der Waals surface area contributed by atoms with E-state index in [4.69, 9.17) is 11.6 Å². The van der Waals surface area contributed by atoms with Crippen LogP contribution in [0.25, 0.3) is 0 Å². The van der Waals surface area contributed by atoms with E-state index in [1.165, 1.54) is 24.2 Å². The summed E-state index contributed by atoms with van der Waals surface area (Å²) in [6.45, 7) is 1.61. The van der Waals surface area contributed by atoms with Crippen LogP contribution in [0.4, 0.5) is 0 Å². The van der Waals surface area contributed by atoms with Crippen LogP contribution in [0.15, 0.2) is 15.7 Å². The number of piperidine rings is 1. The Morgan fingerprint density at radius 3 is 2.44 bits per heavy atom. The molecule has 0 saturated carbocycles. The van der Waals surface area contributed by atoms with Gasteiger partial charge in [-0.15, -0.1) is 0 Å². The minimum atomic E-state index is -0.376. The molecule has 2 rings (SSSR count). The van der Waals surface area contributed by atoms with Gasteiger partial charge >= 0.3 is 5.69 Å². The lowest BCUT2D eigenvalue weighted by molar-refractivity contribution is 0.454. The fourth-order valence-corrected chi connectivity index (χ4v) is 2.19. The molecule has 0 amide bonds. The first-order chi connectivity index (χ1) is 7.61. The molecule has 0 atom stereocenters. The van der Waals surface area contributed by atoms with E-state index in [1.807, 2.05) is 5.01 Å². The molecule has 0 N–H and O–H groups in total. The van der Waals surface area contributed by atoms with E-state index < -0.39 is 0 Å². The van der Waals surface area contributed by atoms with Crippen molar-refractivity contribution in [2.24, 2.45) is 7.05 Å². The molecule has 2 heterocycles. The standard InChI is InChI=1S/C10H14ClN3O2/c1-12-9(15)7-8(11)14(10(12)16)13-5-3-2-4-6-13/h7H,2-6H2,1H3. The summed E-state index contributed by atoms with van der Waals surface area (Å²) in [7, 11) is 1.46. The normalized spacial score (nSPS) is 16.5. The van der Waals surface area contributed by atoms with Gasteiger partial charge in [0.15, 0.2) is 0 Å². The third-order valence-electron chi connectivity index (χ3n) is 2.86. The summed E-state index contributed by atoms with van der Waals surface area (Å²) in [5, 5.41) is 2.09. The van der Waals surface area contributed by atoms with Crippen LogP contribution in [0.2, 0.25) is 5.15 Å². The largest absolute Gasteiger partial charge is 0.350 e. The minimum absolute atomic E-state index is 0.190. The first-order valence-corrected chi connectivity index (χ1v) is 5.73. The van der Waals surface area contributed by atoms with Gasteiger partial charge in [0.2, 0.25) is 0 Å². The Balaban J connectivity index is 2.51. The molecule has 1 aromatic heterocycles. The lowest BCUT2D eigenvalue weighted by atomic mass is 10.2. The van der Waals surface area contributed by atoms with Crippen molar-refractivity contribution in [1.82, 2.24) is 9.24 Å². The molecule has 5 nitrogen and oxygen atoms in total. The van der Waals surface area contributed by atoms with E-state index in [9.17, 15) is 9.59 Å². The maximum Gasteiger partial charge on any atom is 0.350 e. The highest BCUT2D eigenvalue weighted by atomic mass is 35.5. The third-order valence-corrected chi connectivity index (χ3v) is 3.13. The second kappa shape index (κ2) is 4.33. The van der Waals surface area contributed by atoms with Gasteiger partial charge in [-0.3, -0.25) is 9.36 Å². The summed E-state index contributed by atoms with van der Waals surface area (Å²) in [5.41, 5.74) is -0.748. The van der Waals surface area contributed by atoms with Gasteiger partial charge in [0.05, 0.1) is 0 Å². The Labute approximate surface area is 97.8 Å². The van der Waals surface area contributed by atoms with Crippen molar-refractivity contribution in [2.45, 2.75) is 19.3 Å². The molecule has 0 aromatic carbocycles. The molecular weight excluding hydrogens is 230 g/mol. The SMILES string of the molecule is Cn1c(=O)cc(Cl)n(N2CCCCC2)c1=O. The molecule has 0 spiro atoms. The van der Waals surface area contributed by atoms with Crippen LogP contribution in [0, 0.1) is 0 Å². The third kappa shape index (κ3) is 1.87. The zero-order valence-electron chi connectivity index (χ0n) is 9.15. The fourth-order valence-electron chi connectivity index (χ4n) is 1.92. The number of rotatable bonds is 1. The van der Waals surface area contributed by atoms with E-state index >= 15 is 0 Å². The van der Waals surface area contributed by atoms with Gasteiger partial charge in [-0.25, -0.2) is 4.79 Å². The molecule has 1 saturated heterocycles. The molecule has 0 unspecified atom stereocenters. The Hall–Kier alpha value is -1.23. The number of aromatic nitrogens is 2. The molecule has 88 valence electrons. The highest BCUT2D eigenvalue weighted by Gasteiger charge is 2.16. The average molecular weight is 244 g/mol. The Morgan fingerprint density at radius 2 is 1.81 bits per heavy atom. The first-order valence-electron chi connectivity index (χ1n) is 5.35. The van der Waals surface area contributed by atoms with Gasteiger partial charge < -0.3 is 5.01 Å². The first kappa shape index (κ1) is 11.3. The molecule has 1 fully saturated rings. The van der Waals surface area contributed by atoms with Crippen molar-refractivity contribution in [3.05, 3.63) is 32.1 Å². The molecule has 0 aliphatic carbocycles. The fraction of sp³-hybridized carbons (Fsp3) is 0.600. The Kier molecular flexibility index (Phi) is 3.05. The van der Waals surface area contributed by atoms with Crippen molar-refractivity contribution in [3.8, 4) is 0 Å². The van der Waals surface area contributed by atoms with Gasteiger partial charge in [0.25, 0.3) is 5.56 Å². The van der Waals surface area contributed by atoms with Crippen molar-refractivity contribution in [3.63, 3.8) is 0 Å². The molecule has 0 bridgehead atoms. The second-order valence-electron chi connectivity index (χ2n) is 3.97. The minimum Gasteiger partial charge on any atom is -0.308 e. The summed E-state index contributed by atoms with van der Waals surface area (Å²) >= 11 is 5.95. The van der Waals surface area contributed by atoms with Crippen LogP contribution in [0.1, 0.15) is 19.3 Å². The summed E-state index contributed by atoms with van der Waals surface area (Å²) in [6, 6.07) is 1.28. The summed E-state index contributed by atoms with van der Waals surface area (Å²) in [6.07, 6.45) is 3.27. The predicted molar refractivity (Wildman–Crippen MR) is 62.8 cm³/mol. The number of nitrogens with zero attached hydrogens (tertiary/aromatic N) is 3. The van der Waals surface area contributed by atoms with E-state index in [-0.39, 0.29) is 16.4 Å². The summed E-state index contributed by atoms with van der Waals surface area (Å²) < 4.78 is 2.46. The molecule has 1 aliphatic heterocycles. The monoisotopic (exact) mass is 243 g/mol. The van der Waals surface area contributed by atoms with E-state index in [1.54, 1.807) is 0 Å². The number of hydrogen-bond acceptors (Lipinski definition) is 3. The second-order valence-corrected chi connectivity index (χ2v) is 4.36. The molecule has 1 aliphatic rings. The maximum absolute atomic E-state index is 11.9. The van der Waals surface area contributed by atoms with Gasteiger partial charge in [-0.05, 0) is 19.3 Å². The van der Waals surface area contributed by atoms with Gasteiger partial charge in [-0.1, -0.05) is 11.6 Å². The van der Waals surface area contributed by atoms with Crippen molar-refractivity contribution in [2.75, 3.05) is 18.1 Å². The van der Waals surface area contributed by atoms with Gasteiger partial charge in [-0.2, -0.15) is 4.68 Å². The molecule has 0 radical (unpaired) electrons. The zero-order chi connectivity index (χ0) is 11.7. The van der Waals surface area contributed by atoms with E-state index in [2.05, 4.69) is 0 Å². The lowest BCUT2D eigenvalue weighted by Gasteiger charge is -2.30. The lowest BCUT2D eigenvalue weighted by Crippen LogP contribution is -2.50. The quantitative estimate of drug-likeness (QED) is 0.668. The maximum atomic E-state index is 11.9. The predicted octanol–water partition coefficient (Wildman–Crippen LogP) is 0.322. The van der Waals surface area contributed by atoms with Crippen LogP contribution >= 0.6 is 11.6 Å². The summed E-state index contributed by atoms with van der Waals surface area (Å²) in [5.74, 6) is 0. The molecule has 6 heteroatoms. The number of hydrogen-bond donors (Lipinski definition) is 0. The van der Waals surface area contributed by atoms with Crippen molar-refractivity contribution >= 4 is 11.6 Å². The van der Waals surface area contributed by atoms with Crippen molar-refractivity contribution in [1.29, 1.82) is 0 Å². The number of halogens is 1. The van der Waals surface area contributed by atoms with E-state index in [0.29, 0.717) is 0 Å². The Bertz CT molecular complexity index is 500. The molecular formula is C10H14ClN3O2. The Morgan fingerprint density at radius 1 is 1.19 bits per heavy atom. The zero-order valence-corrected chi connectivity index (χ0v) is 9.90. The van der Waals surface area contributed by atoms with Crippen LogP contribution in [-0.4, -0.2) is 22.3 Å². The van der Waals surface area contributed by atoms with Crippen LogP contribution in [0.5, 0.6) is 0 Å². The van der Waals surface area contributed by atoms with Gasteiger partial charge in [0.1, 0.15) is 5.15 Å². The topological polar surface area (TPSA) is 47.2 Å². The smallest absolute Gasteiger partial charge is 0.308 e. The van der Waals surface area contributed by atoms with Crippen LogP contribution in [-0.2, 0) is 7.05 Å². The highest BCUT2D eigenvalue weighted by Crippen LogP contribution is 2.10. The van der Waals surface area contributed by atoms with Gasteiger partial charge in [0, 0.05) is 26.2 Å². The molecule has 1 aromatic rings. The van der Waals surface area contributed by atoms with Crippen molar-refractivity contribution < 1.29 is 0 Å². The van der Waals surface area contributed by atoms with E-state index in [0.717, 1.165) is 30.5 Å². The highest BCUT2D eigenvalue weighted by molar-refractivity contribution is 6.29. The molecule has 16 heavy (non-hydrogen) atoms.